The molecule has 0 aliphatic carbocycles. The summed E-state index contributed by atoms with van der Waals surface area (Å²) in [6.45, 7) is 5.46. The second-order valence-corrected chi connectivity index (χ2v) is 9.97. The summed E-state index contributed by atoms with van der Waals surface area (Å²) in [6, 6.07) is 17.4. The van der Waals surface area contributed by atoms with Crippen LogP contribution in [0.25, 0.3) is 5.57 Å². The zero-order valence-electron chi connectivity index (χ0n) is 20.3. The Balaban J connectivity index is 1.57. The number of anilines is 2. The van der Waals surface area contributed by atoms with Crippen molar-refractivity contribution in [2.24, 2.45) is 4.99 Å². The quantitative estimate of drug-likeness (QED) is 0.441. The number of hydrogen-bond acceptors (Lipinski definition) is 6. The van der Waals surface area contributed by atoms with Crippen LogP contribution >= 0.6 is 11.3 Å². The number of benzene rings is 2. The SMILES string of the molecule is CC1=C(C(=O)Nc2ccccc2C)C(c2ccc(C)o2)n2c(s/c(=C3\C(=O)Nc4ccccc43)c2=O)=N1. The summed E-state index contributed by atoms with van der Waals surface area (Å²) in [5, 5.41) is 5.80. The fourth-order valence-electron chi connectivity index (χ4n) is 4.78. The maximum absolute atomic E-state index is 14.0. The molecular weight excluding hydrogens is 488 g/mol. The highest BCUT2D eigenvalue weighted by Crippen LogP contribution is 2.33. The minimum absolute atomic E-state index is 0.267. The van der Waals surface area contributed by atoms with E-state index in [4.69, 9.17) is 4.42 Å². The average molecular weight is 511 g/mol. The van der Waals surface area contributed by atoms with Crippen LogP contribution in [0.2, 0.25) is 0 Å². The van der Waals surface area contributed by atoms with Gasteiger partial charge in [0, 0.05) is 16.9 Å². The molecule has 0 spiro atoms. The molecule has 2 aliphatic rings. The minimum Gasteiger partial charge on any atom is -0.464 e. The summed E-state index contributed by atoms with van der Waals surface area (Å²) in [5.74, 6) is 0.370. The normalized spacial score (nSPS) is 17.7. The van der Waals surface area contributed by atoms with E-state index in [-0.39, 0.29) is 16.3 Å². The zero-order valence-corrected chi connectivity index (χ0v) is 21.1. The van der Waals surface area contributed by atoms with Gasteiger partial charge in [-0.2, -0.15) is 0 Å². The van der Waals surface area contributed by atoms with Crippen LogP contribution in [0.5, 0.6) is 0 Å². The van der Waals surface area contributed by atoms with Gasteiger partial charge in [-0.3, -0.25) is 19.0 Å². The van der Waals surface area contributed by atoms with E-state index in [2.05, 4.69) is 15.6 Å². The predicted octanol–water partition coefficient (Wildman–Crippen LogP) is 3.41. The highest BCUT2D eigenvalue weighted by molar-refractivity contribution is 7.07. The number of fused-ring (bicyclic) bond motifs is 2. The number of thiazole rings is 1. The molecule has 8 nitrogen and oxygen atoms in total. The first-order valence-corrected chi connectivity index (χ1v) is 12.5. The topological polar surface area (TPSA) is 106 Å². The summed E-state index contributed by atoms with van der Waals surface area (Å²) in [5.41, 5.74) is 3.57. The van der Waals surface area contributed by atoms with Crippen LogP contribution in [0.3, 0.4) is 0 Å². The van der Waals surface area contributed by atoms with Gasteiger partial charge in [0.1, 0.15) is 22.1 Å². The number of nitrogens with zero attached hydrogens (tertiary/aromatic N) is 2. The van der Waals surface area contributed by atoms with Crippen LogP contribution in [0.15, 0.2) is 86.1 Å². The number of nitrogens with one attached hydrogen (secondary N) is 2. The fourth-order valence-corrected chi connectivity index (χ4v) is 5.92. The number of hydrogen-bond donors (Lipinski definition) is 2. The summed E-state index contributed by atoms with van der Waals surface area (Å²) < 4.78 is 7.68. The Hall–Kier alpha value is -4.50. The molecule has 184 valence electrons. The first kappa shape index (κ1) is 22.9. The lowest BCUT2D eigenvalue weighted by molar-refractivity contribution is -0.113. The molecule has 37 heavy (non-hydrogen) atoms. The first-order chi connectivity index (χ1) is 17.8. The number of allylic oxidation sites excluding steroid dienone is 1. The Morgan fingerprint density at radius 2 is 1.78 bits per heavy atom. The van der Waals surface area contributed by atoms with Crippen molar-refractivity contribution in [3.63, 3.8) is 0 Å². The molecule has 2 amide bonds. The van der Waals surface area contributed by atoms with Gasteiger partial charge in [0.2, 0.25) is 0 Å². The zero-order chi connectivity index (χ0) is 25.8. The Labute approximate surface area is 215 Å². The van der Waals surface area contributed by atoms with Gasteiger partial charge in [0.15, 0.2) is 4.80 Å². The third-order valence-electron chi connectivity index (χ3n) is 6.56. The second-order valence-electron chi connectivity index (χ2n) is 8.99. The molecule has 0 bridgehead atoms. The van der Waals surface area contributed by atoms with Gasteiger partial charge in [-0.25, -0.2) is 4.99 Å². The number of carbonyl (C=O) groups is 2. The van der Waals surface area contributed by atoms with E-state index in [1.807, 2.05) is 43.3 Å². The summed E-state index contributed by atoms with van der Waals surface area (Å²) >= 11 is 1.13. The number of rotatable bonds is 3. The van der Waals surface area contributed by atoms with Gasteiger partial charge in [0.25, 0.3) is 17.4 Å². The standard InChI is InChI=1S/C28H22N4O4S/c1-14-8-4-6-10-18(14)30-25(33)21-16(3)29-28-32(23(21)20-13-12-15(2)36-20)27(35)24(37-28)22-17-9-5-7-11-19(17)31-26(22)34/h4-13,23H,1-3H3,(H,30,33)(H,31,34)/b24-22-. The number of amides is 2. The first-order valence-electron chi connectivity index (χ1n) is 11.7. The lowest BCUT2D eigenvalue weighted by atomic mass is 10.00. The van der Waals surface area contributed by atoms with E-state index in [0.717, 1.165) is 16.9 Å². The van der Waals surface area contributed by atoms with Crippen molar-refractivity contribution in [2.45, 2.75) is 26.8 Å². The highest BCUT2D eigenvalue weighted by Gasteiger charge is 2.36. The fraction of sp³-hybridized carbons (Fsp3) is 0.143. The Kier molecular flexibility index (Phi) is 5.31. The smallest absolute Gasteiger partial charge is 0.272 e. The molecule has 2 aromatic carbocycles. The van der Waals surface area contributed by atoms with Crippen molar-refractivity contribution >= 4 is 40.1 Å². The van der Waals surface area contributed by atoms with E-state index in [0.29, 0.717) is 50.1 Å². The van der Waals surface area contributed by atoms with Gasteiger partial charge in [-0.1, -0.05) is 47.7 Å². The predicted molar refractivity (Wildman–Crippen MR) is 141 cm³/mol. The van der Waals surface area contributed by atoms with E-state index >= 15 is 0 Å². The number of aryl methyl sites for hydroxylation is 2. The van der Waals surface area contributed by atoms with Crippen LogP contribution in [0.1, 0.15) is 35.6 Å². The third-order valence-corrected chi connectivity index (χ3v) is 7.62. The highest BCUT2D eigenvalue weighted by atomic mass is 32.1. The maximum Gasteiger partial charge on any atom is 0.272 e. The van der Waals surface area contributed by atoms with E-state index in [1.165, 1.54) is 4.57 Å². The molecule has 0 saturated carbocycles. The van der Waals surface area contributed by atoms with Gasteiger partial charge in [-0.15, -0.1) is 0 Å². The Morgan fingerprint density at radius 3 is 2.54 bits per heavy atom. The van der Waals surface area contributed by atoms with Gasteiger partial charge in [-0.05, 0) is 50.6 Å². The van der Waals surface area contributed by atoms with Crippen LogP contribution in [0.4, 0.5) is 11.4 Å². The van der Waals surface area contributed by atoms with Crippen molar-refractivity contribution in [3.05, 3.63) is 114 Å². The molecule has 2 aliphatic heterocycles. The van der Waals surface area contributed by atoms with Crippen molar-refractivity contribution in [2.75, 3.05) is 10.6 Å². The second kappa shape index (κ2) is 8.56. The molecule has 9 heteroatoms. The molecule has 2 aromatic heterocycles. The van der Waals surface area contributed by atoms with Crippen LogP contribution in [-0.2, 0) is 9.59 Å². The molecule has 0 fully saturated rings. The molecule has 4 aromatic rings. The number of carbonyl (C=O) groups excluding carboxylic acids is 2. The van der Waals surface area contributed by atoms with E-state index in [1.54, 1.807) is 38.1 Å². The van der Waals surface area contributed by atoms with Gasteiger partial charge in [0.05, 0.1) is 16.8 Å². The van der Waals surface area contributed by atoms with Gasteiger partial charge < -0.3 is 15.1 Å². The molecule has 0 radical (unpaired) electrons. The minimum atomic E-state index is -0.844. The van der Waals surface area contributed by atoms with E-state index in [9.17, 15) is 14.4 Å². The van der Waals surface area contributed by atoms with Crippen molar-refractivity contribution in [1.82, 2.24) is 4.57 Å². The summed E-state index contributed by atoms with van der Waals surface area (Å²) in [7, 11) is 0. The number of aromatic nitrogens is 1. The Morgan fingerprint density at radius 1 is 1.03 bits per heavy atom. The largest absolute Gasteiger partial charge is 0.464 e. The average Bonchev–Trinajstić information content (AvgIpc) is 3.54. The lowest BCUT2D eigenvalue weighted by Gasteiger charge is -2.23. The summed E-state index contributed by atoms with van der Waals surface area (Å²) in [4.78, 5) is 45.6. The maximum atomic E-state index is 14.0. The Bertz CT molecular complexity index is 1840. The van der Waals surface area contributed by atoms with Crippen LogP contribution in [0, 0.1) is 13.8 Å². The number of para-hydroxylation sites is 2. The van der Waals surface area contributed by atoms with Crippen LogP contribution < -0.4 is 25.5 Å². The molecule has 6 rings (SSSR count). The third kappa shape index (κ3) is 3.66. The van der Waals surface area contributed by atoms with Crippen molar-refractivity contribution in [1.29, 1.82) is 0 Å². The van der Waals surface area contributed by atoms with Gasteiger partial charge >= 0.3 is 0 Å². The summed E-state index contributed by atoms with van der Waals surface area (Å²) in [6.07, 6.45) is 0. The molecule has 1 unspecified atom stereocenters. The molecule has 0 saturated heterocycles. The van der Waals surface area contributed by atoms with E-state index < -0.39 is 11.6 Å². The molecule has 2 N–H and O–H groups in total. The lowest BCUT2D eigenvalue weighted by Crippen LogP contribution is -2.41. The van der Waals surface area contributed by atoms with Crippen molar-refractivity contribution in [3.8, 4) is 0 Å². The van der Waals surface area contributed by atoms with Crippen LogP contribution in [-0.4, -0.2) is 16.4 Å². The molecular formula is C28H22N4O4S. The molecule has 1 atom stereocenters. The number of furan rings is 1. The molecule has 4 heterocycles. The monoisotopic (exact) mass is 510 g/mol. The van der Waals surface area contributed by atoms with Crippen molar-refractivity contribution < 1.29 is 14.0 Å².